The summed E-state index contributed by atoms with van der Waals surface area (Å²) < 4.78 is 0. The highest BCUT2D eigenvalue weighted by Crippen LogP contribution is 2.14. The quantitative estimate of drug-likeness (QED) is 0.664. The van der Waals surface area contributed by atoms with Crippen molar-refractivity contribution in [3.05, 3.63) is 18.0 Å². The predicted molar refractivity (Wildman–Crippen MR) is 48.2 cm³/mol. The Morgan fingerprint density at radius 1 is 1.50 bits per heavy atom. The number of rotatable bonds is 1. The van der Waals surface area contributed by atoms with Crippen molar-refractivity contribution in [2.45, 2.75) is 6.92 Å². The third-order valence-electron chi connectivity index (χ3n) is 1.82. The molecule has 2 rings (SSSR count). The molecular formula is C8H10N4. The molecule has 0 atom stereocenters. The summed E-state index contributed by atoms with van der Waals surface area (Å²) in [6, 6.07) is 1.91. The van der Waals surface area contributed by atoms with E-state index in [4.69, 9.17) is 0 Å². The molecule has 4 heteroatoms. The van der Waals surface area contributed by atoms with Crippen LogP contribution in [-0.4, -0.2) is 22.0 Å². The summed E-state index contributed by atoms with van der Waals surface area (Å²) in [5.41, 5.74) is 2.90. The Balaban J connectivity index is 2.74. The van der Waals surface area contributed by atoms with Gasteiger partial charge in [-0.05, 0) is 13.0 Å². The average molecular weight is 162 g/mol. The average Bonchev–Trinajstić information content (AvgIpc) is 2.49. The number of nitrogens with zero attached hydrogens (tertiary/aromatic N) is 2. The number of fused-ring (bicyclic) bond motifs is 1. The fourth-order valence-corrected chi connectivity index (χ4v) is 1.19. The van der Waals surface area contributed by atoms with E-state index in [-0.39, 0.29) is 0 Å². The maximum atomic E-state index is 4.30. The maximum Gasteiger partial charge on any atom is 0.200 e. The van der Waals surface area contributed by atoms with Crippen molar-refractivity contribution in [1.82, 2.24) is 15.0 Å². The zero-order chi connectivity index (χ0) is 8.55. The number of nitrogens with one attached hydrogen (secondary N) is 2. The number of aromatic nitrogens is 3. The molecule has 62 valence electrons. The van der Waals surface area contributed by atoms with Crippen LogP contribution in [0.5, 0.6) is 0 Å². The van der Waals surface area contributed by atoms with Gasteiger partial charge in [-0.1, -0.05) is 0 Å². The summed E-state index contributed by atoms with van der Waals surface area (Å²) in [6.45, 7) is 1.95. The smallest absolute Gasteiger partial charge is 0.200 e. The van der Waals surface area contributed by atoms with Crippen LogP contribution >= 0.6 is 0 Å². The Morgan fingerprint density at radius 2 is 2.33 bits per heavy atom. The van der Waals surface area contributed by atoms with E-state index < -0.39 is 0 Å². The van der Waals surface area contributed by atoms with Crippen molar-refractivity contribution in [2.75, 3.05) is 12.4 Å². The third-order valence-corrected chi connectivity index (χ3v) is 1.82. The standard InChI is InChI=1S/C8H10N4/c1-5-7-6(3-4-10-5)11-8(9-2)12-7/h3-4H,1-2H3,(H2,9,11,12). The number of aryl methyl sites for hydroxylation is 1. The summed E-state index contributed by atoms with van der Waals surface area (Å²) in [5, 5.41) is 2.95. The molecule has 0 radical (unpaired) electrons. The summed E-state index contributed by atoms with van der Waals surface area (Å²) in [4.78, 5) is 11.6. The highest BCUT2D eigenvalue weighted by Gasteiger charge is 2.02. The second kappa shape index (κ2) is 2.48. The molecule has 0 aliphatic rings. The largest absolute Gasteiger partial charge is 0.359 e. The monoisotopic (exact) mass is 162 g/mol. The molecule has 12 heavy (non-hydrogen) atoms. The maximum absolute atomic E-state index is 4.30. The van der Waals surface area contributed by atoms with Crippen molar-refractivity contribution in [1.29, 1.82) is 0 Å². The first-order chi connectivity index (χ1) is 5.81. The number of imidazole rings is 1. The van der Waals surface area contributed by atoms with Gasteiger partial charge < -0.3 is 10.3 Å². The normalized spacial score (nSPS) is 10.5. The van der Waals surface area contributed by atoms with E-state index in [0.29, 0.717) is 0 Å². The molecular weight excluding hydrogens is 152 g/mol. The molecule has 2 heterocycles. The van der Waals surface area contributed by atoms with Crippen molar-refractivity contribution < 1.29 is 0 Å². The summed E-state index contributed by atoms with van der Waals surface area (Å²) in [7, 11) is 1.83. The van der Waals surface area contributed by atoms with Gasteiger partial charge in [-0.25, -0.2) is 4.98 Å². The molecule has 0 fully saturated rings. The van der Waals surface area contributed by atoms with Gasteiger partial charge in [0.25, 0.3) is 0 Å². The van der Waals surface area contributed by atoms with Crippen LogP contribution in [0.4, 0.5) is 5.95 Å². The highest BCUT2D eigenvalue weighted by molar-refractivity contribution is 5.79. The number of hydrogen-bond donors (Lipinski definition) is 2. The zero-order valence-electron chi connectivity index (χ0n) is 7.05. The first-order valence-electron chi connectivity index (χ1n) is 3.80. The topological polar surface area (TPSA) is 53.6 Å². The third kappa shape index (κ3) is 0.922. The van der Waals surface area contributed by atoms with E-state index in [0.717, 1.165) is 22.7 Å². The lowest BCUT2D eigenvalue weighted by molar-refractivity contribution is 1.21. The molecule has 0 aliphatic carbocycles. The second-order valence-electron chi connectivity index (χ2n) is 2.63. The van der Waals surface area contributed by atoms with E-state index in [9.17, 15) is 0 Å². The fraction of sp³-hybridized carbons (Fsp3) is 0.250. The van der Waals surface area contributed by atoms with Crippen LogP contribution in [0.15, 0.2) is 12.3 Å². The first kappa shape index (κ1) is 7.09. The molecule has 0 unspecified atom stereocenters. The lowest BCUT2D eigenvalue weighted by Gasteiger charge is -1.89. The van der Waals surface area contributed by atoms with Crippen LogP contribution in [0, 0.1) is 6.92 Å². The summed E-state index contributed by atoms with van der Waals surface area (Å²) >= 11 is 0. The van der Waals surface area contributed by atoms with Gasteiger partial charge in [-0.15, -0.1) is 0 Å². The molecule has 2 aromatic rings. The second-order valence-corrected chi connectivity index (χ2v) is 2.63. The van der Waals surface area contributed by atoms with Gasteiger partial charge >= 0.3 is 0 Å². The number of anilines is 1. The number of pyridine rings is 1. The first-order valence-corrected chi connectivity index (χ1v) is 3.80. The molecule has 2 N–H and O–H groups in total. The van der Waals surface area contributed by atoms with E-state index in [1.165, 1.54) is 0 Å². The van der Waals surface area contributed by atoms with Gasteiger partial charge in [-0.3, -0.25) is 4.98 Å². The van der Waals surface area contributed by atoms with Crippen molar-refractivity contribution in [3.63, 3.8) is 0 Å². The minimum atomic E-state index is 0.779. The highest BCUT2D eigenvalue weighted by atomic mass is 15.1. The van der Waals surface area contributed by atoms with Gasteiger partial charge in [0.2, 0.25) is 5.95 Å². The van der Waals surface area contributed by atoms with Crippen LogP contribution in [0.3, 0.4) is 0 Å². The van der Waals surface area contributed by atoms with Crippen LogP contribution in [-0.2, 0) is 0 Å². The Labute approximate surface area is 70.0 Å². The fourth-order valence-electron chi connectivity index (χ4n) is 1.19. The Bertz CT molecular complexity index is 404. The number of aromatic amines is 1. The summed E-state index contributed by atoms with van der Waals surface area (Å²) in [6.07, 6.45) is 1.77. The molecule has 0 spiro atoms. The van der Waals surface area contributed by atoms with E-state index in [1.807, 2.05) is 20.0 Å². The number of H-pyrrole nitrogens is 1. The van der Waals surface area contributed by atoms with Gasteiger partial charge in [0.15, 0.2) is 0 Å². The van der Waals surface area contributed by atoms with Crippen molar-refractivity contribution in [3.8, 4) is 0 Å². The molecule has 4 nitrogen and oxygen atoms in total. The van der Waals surface area contributed by atoms with Gasteiger partial charge in [0.05, 0.1) is 11.2 Å². The molecule has 0 bridgehead atoms. The minimum absolute atomic E-state index is 0.779. The Morgan fingerprint density at radius 3 is 3.00 bits per heavy atom. The van der Waals surface area contributed by atoms with Crippen LogP contribution in [0.25, 0.3) is 11.0 Å². The zero-order valence-corrected chi connectivity index (χ0v) is 7.05. The minimum Gasteiger partial charge on any atom is -0.359 e. The molecule has 0 saturated carbocycles. The molecule has 0 aliphatic heterocycles. The van der Waals surface area contributed by atoms with E-state index in [2.05, 4.69) is 20.3 Å². The molecule has 0 aromatic carbocycles. The lowest BCUT2D eigenvalue weighted by atomic mass is 10.3. The van der Waals surface area contributed by atoms with Crippen molar-refractivity contribution in [2.24, 2.45) is 0 Å². The van der Waals surface area contributed by atoms with E-state index >= 15 is 0 Å². The summed E-state index contributed by atoms with van der Waals surface area (Å²) in [5.74, 6) is 0.779. The van der Waals surface area contributed by atoms with Crippen LogP contribution in [0.2, 0.25) is 0 Å². The van der Waals surface area contributed by atoms with Gasteiger partial charge in [0, 0.05) is 13.2 Å². The molecule has 2 aromatic heterocycles. The van der Waals surface area contributed by atoms with Gasteiger partial charge in [-0.2, -0.15) is 0 Å². The number of hydrogen-bond acceptors (Lipinski definition) is 3. The van der Waals surface area contributed by atoms with E-state index in [1.54, 1.807) is 6.20 Å². The van der Waals surface area contributed by atoms with Crippen LogP contribution < -0.4 is 5.32 Å². The SMILES string of the molecule is CNc1nc2c(C)nccc2[nH]1. The lowest BCUT2D eigenvalue weighted by Crippen LogP contribution is -1.88. The molecule has 0 saturated heterocycles. The Hall–Kier alpha value is -1.58. The molecule has 0 amide bonds. The predicted octanol–water partition coefficient (Wildman–Crippen LogP) is 1.31. The van der Waals surface area contributed by atoms with Crippen LogP contribution in [0.1, 0.15) is 5.69 Å². The van der Waals surface area contributed by atoms with Crippen molar-refractivity contribution >= 4 is 17.0 Å². The Kier molecular flexibility index (Phi) is 1.46. The van der Waals surface area contributed by atoms with Gasteiger partial charge in [0.1, 0.15) is 5.52 Å².